The van der Waals surface area contributed by atoms with Crippen LogP contribution in [-0.4, -0.2) is 11.0 Å². The van der Waals surface area contributed by atoms with Gasteiger partial charge >= 0.3 is 5.97 Å². The number of unbranched alkanes of at least 4 members (excludes halogenated alkanes) is 1. The minimum absolute atomic E-state index is 0.0466. The average Bonchev–Trinajstić information content (AvgIpc) is 2.86. The highest BCUT2D eigenvalue weighted by molar-refractivity contribution is 5.90. The third kappa shape index (κ3) is 8.03. The van der Waals surface area contributed by atoms with Gasteiger partial charge in [0.05, 0.1) is 11.3 Å². The van der Waals surface area contributed by atoms with Crippen molar-refractivity contribution in [1.29, 1.82) is 0 Å². The Morgan fingerprint density at radius 2 is 1.88 bits per heavy atom. The fourth-order valence-electron chi connectivity index (χ4n) is 4.75. The molecule has 0 aliphatic heterocycles. The van der Waals surface area contributed by atoms with Gasteiger partial charge in [0, 0.05) is 12.3 Å². The predicted molar refractivity (Wildman–Crippen MR) is 133 cm³/mol. The largest absolute Gasteiger partial charge is 0.423 e. The minimum atomic E-state index is -1.06. The molecule has 0 radical (unpaired) electrons. The Morgan fingerprint density at radius 3 is 2.53 bits per heavy atom. The summed E-state index contributed by atoms with van der Waals surface area (Å²) in [4.78, 5) is 16.6. The van der Waals surface area contributed by atoms with Crippen molar-refractivity contribution >= 4 is 12.0 Å². The average molecular weight is 470 g/mol. The number of rotatable bonds is 11. The van der Waals surface area contributed by atoms with Gasteiger partial charge in [-0.3, -0.25) is 4.98 Å². The van der Waals surface area contributed by atoms with Gasteiger partial charge in [0.1, 0.15) is 5.75 Å². The van der Waals surface area contributed by atoms with E-state index < -0.39 is 17.6 Å². The zero-order chi connectivity index (χ0) is 24.3. The van der Waals surface area contributed by atoms with Gasteiger partial charge in [-0.25, -0.2) is 13.6 Å². The van der Waals surface area contributed by atoms with Crippen LogP contribution in [0.25, 0.3) is 6.08 Å². The molecule has 5 heteroatoms. The zero-order valence-corrected chi connectivity index (χ0v) is 20.4. The quantitative estimate of drug-likeness (QED) is 0.245. The number of esters is 1. The molecule has 34 heavy (non-hydrogen) atoms. The van der Waals surface area contributed by atoms with Gasteiger partial charge in [0.15, 0.2) is 11.6 Å². The van der Waals surface area contributed by atoms with Crippen molar-refractivity contribution in [3.05, 3.63) is 65.5 Å². The first-order chi connectivity index (χ1) is 16.5. The van der Waals surface area contributed by atoms with Crippen molar-refractivity contribution in [1.82, 2.24) is 4.98 Å². The molecule has 1 unspecified atom stereocenters. The van der Waals surface area contributed by atoms with E-state index in [0.717, 1.165) is 29.7 Å². The number of carbonyl (C=O) groups excluding carboxylic acids is 1. The molecule has 0 bridgehead atoms. The summed E-state index contributed by atoms with van der Waals surface area (Å²) in [5.74, 6) is -0.395. The lowest BCUT2D eigenvalue weighted by atomic mass is 9.78. The second-order valence-corrected chi connectivity index (χ2v) is 9.57. The highest BCUT2D eigenvalue weighted by Crippen LogP contribution is 2.34. The van der Waals surface area contributed by atoms with Gasteiger partial charge in [0.2, 0.25) is 0 Å². The van der Waals surface area contributed by atoms with E-state index in [1.807, 2.05) is 6.08 Å². The molecule has 1 fully saturated rings. The summed E-state index contributed by atoms with van der Waals surface area (Å²) >= 11 is 0. The third-order valence-corrected chi connectivity index (χ3v) is 7.08. The number of carbonyl (C=O) groups is 1. The molecule has 1 aliphatic carbocycles. The molecule has 3 nitrogen and oxygen atoms in total. The van der Waals surface area contributed by atoms with Crippen LogP contribution in [0.3, 0.4) is 0 Å². The van der Waals surface area contributed by atoms with Gasteiger partial charge in [-0.05, 0) is 73.8 Å². The summed E-state index contributed by atoms with van der Waals surface area (Å²) in [7, 11) is 0. The molecule has 0 saturated heterocycles. The number of hydrogen-bond donors (Lipinski definition) is 0. The van der Waals surface area contributed by atoms with Crippen LogP contribution in [0.5, 0.6) is 5.75 Å². The maximum Gasteiger partial charge on any atom is 0.345 e. The molecule has 1 saturated carbocycles. The number of aromatic nitrogens is 1. The van der Waals surface area contributed by atoms with Crippen molar-refractivity contribution in [3.63, 3.8) is 0 Å². The third-order valence-electron chi connectivity index (χ3n) is 7.08. The standard InChI is InChI=1S/C29H37F2NO2/c1-3-5-6-21(4-2)7-8-22-9-11-23(12-10-22)13-15-25-16-14-24(20-32-25)29(33)34-26-17-18-27(30)28(31)19-26/h13-23H,3-12H2,1-2H3/b15-13+. The van der Waals surface area contributed by atoms with Crippen LogP contribution in [0.2, 0.25) is 0 Å². The van der Waals surface area contributed by atoms with Crippen LogP contribution in [-0.2, 0) is 0 Å². The van der Waals surface area contributed by atoms with E-state index in [0.29, 0.717) is 5.92 Å². The van der Waals surface area contributed by atoms with Gasteiger partial charge in [-0.2, -0.15) is 0 Å². The minimum Gasteiger partial charge on any atom is -0.423 e. The number of pyridine rings is 1. The SMILES string of the molecule is CCCCC(CC)CCC1CCC(/C=C/c2ccc(C(=O)Oc3ccc(F)c(F)c3)cn2)CC1. The monoisotopic (exact) mass is 469 g/mol. The highest BCUT2D eigenvalue weighted by atomic mass is 19.2. The maximum absolute atomic E-state index is 13.3. The van der Waals surface area contributed by atoms with Crippen LogP contribution in [0.15, 0.2) is 42.6 Å². The molecule has 3 rings (SSSR count). The molecule has 0 amide bonds. The molecular weight excluding hydrogens is 432 g/mol. The lowest BCUT2D eigenvalue weighted by Gasteiger charge is -2.28. The van der Waals surface area contributed by atoms with Crippen molar-refractivity contribution in [3.8, 4) is 5.75 Å². The lowest BCUT2D eigenvalue weighted by molar-refractivity contribution is 0.0733. The highest BCUT2D eigenvalue weighted by Gasteiger charge is 2.20. The molecule has 1 heterocycles. The summed E-state index contributed by atoms with van der Waals surface area (Å²) in [5, 5.41) is 0. The number of ether oxygens (including phenoxy) is 1. The molecule has 0 spiro atoms. The summed E-state index contributed by atoms with van der Waals surface area (Å²) in [6.45, 7) is 4.61. The van der Waals surface area contributed by atoms with Gasteiger partial charge in [-0.1, -0.05) is 58.4 Å². The fraction of sp³-hybridized carbons (Fsp3) is 0.517. The number of benzene rings is 1. The topological polar surface area (TPSA) is 39.2 Å². The van der Waals surface area contributed by atoms with Gasteiger partial charge in [-0.15, -0.1) is 0 Å². The van der Waals surface area contributed by atoms with E-state index in [1.165, 1.54) is 76.5 Å². The first kappa shape index (κ1) is 26.1. The molecule has 2 aromatic rings. The Labute approximate surface area is 202 Å². The van der Waals surface area contributed by atoms with Crippen LogP contribution < -0.4 is 4.74 Å². The Balaban J connectivity index is 1.43. The molecule has 1 aliphatic rings. The Kier molecular flexibility index (Phi) is 10.2. The lowest BCUT2D eigenvalue weighted by Crippen LogP contribution is -2.14. The van der Waals surface area contributed by atoms with Crippen molar-refractivity contribution in [2.24, 2.45) is 17.8 Å². The summed E-state index contributed by atoms with van der Waals surface area (Å²) < 4.78 is 31.4. The Hall–Kier alpha value is -2.56. The predicted octanol–water partition coefficient (Wildman–Crippen LogP) is 8.40. The molecule has 1 aromatic heterocycles. The smallest absolute Gasteiger partial charge is 0.345 e. The van der Waals surface area contributed by atoms with E-state index in [1.54, 1.807) is 12.1 Å². The first-order valence-corrected chi connectivity index (χ1v) is 12.8. The summed E-state index contributed by atoms with van der Waals surface area (Å²) in [6, 6.07) is 6.39. The van der Waals surface area contributed by atoms with E-state index in [9.17, 15) is 13.6 Å². The molecule has 184 valence electrons. The Morgan fingerprint density at radius 1 is 1.09 bits per heavy atom. The number of nitrogens with zero attached hydrogens (tertiary/aromatic N) is 1. The van der Waals surface area contributed by atoms with Crippen LogP contribution >= 0.6 is 0 Å². The second kappa shape index (κ2) is 13.4. The van der Waals surface area contributed by atoms with Crippen LogP contribution in [0.4, 0.5) is 8.78 Å². The number of allylic oxidation sites excluding steroid dienone is 1. The summed E-state index contributed by atoms with van der Waals surface area (Å²) in [6.07, 6.45) is 18.9. The maximum atomic E-state index is 13.3. The Bertz CT molecular complexity index is 934. The van der Waals surface area contributed by atoms with E-state index in [2.05, 4.69) is 24.9 Å². The number of hydrogen-bond acceptors (Lipinski definition) is 3. The van der Waals surface area contributed by atoms with Crippen LogP contribution in [0, 0.1) is 29.4 Å². The van der Waals surface area contributed by atoms with E-state index >= 15 is 0 Å². The fourth-order valence-corrected chi connectivity index (χ4v) is 4.75. The zero-order valence-electron chi connectivity index (χ0n) is 20.4. The summed E-state index contributed by atoms with van der Waals surface area (Å²) in [5.41, 5.74) is 1.04. The molecular formula is C29H37F2NO2. The molecule has 1 atom stereocenters. The van der Waals surface area contributed by atoms with Gasteiger partial charge in [0.25, 0.3) is 0 Å². The normalized spacial score (nSPS) is 19.3. The second-order valence-electron chi connectivity index (χ2n) is 9.57. The van der Waals surface area contributed by atoms with Gasteiger partial charge < -0.3 is 4.74 Å². The molecule has 0 N–H and O–H groups in total. The van der Waals surface area contributed by atoms with Crippen molar-refractivity contribution in [2.45, 2.75) is 78.1 Å². The number of halogens is 2. The van der Waals surface area contributed by atoms with Crippen molar-refractivity contribution < 1.29 is 18.3 Å². The van der Waals surface area contributed by atoms with Crippen molar-refractivity contribution in [2.75, 3.05) is 0 Å². The first-order valence-electron chi connectivity index (χ1n) is 12.8. The van der Waals surface area contributed by atoms with E-state index in [4.69, 9.17) is 4.74 Å². The van der Waals surface area contributed by atoms with Crippen LogP contribution in [0.1, 0.15) is 94.1 Å². The molecule has 1 aromatic carbocycles. The van der Waals surface area contributed by atoms with E-state index in [-0.39, 0.29) is 11.3 Å².